The SMILES string of the molecule is COc1cccc2c1cc1ccc3cccc4ccc2c1c34. The van der Waals surface area contributed by atoms with Crippen LogP contribution in [-0.2, 0) is 0 Å². The van der Waals surface area contributed by atoms with Gasteiger partial charge in [0.25, 0.3) is 0 Å². The van der Waals surface area contributed by atoms with E-state index >= 15 is 0 Å². The lowest BCUT2D eigenvalue weighted by atomic mass is 9.91. The van der Waals surface area contributed by atoms with Crippen molar-refractivity contribution in [3.8, 4) is 5.75 Å². The molecule has 0 aliphatic rings. The molecule has 5 aromatic rings. The standard InChI is InChI=1S/C21H14O/c1-22-19-7-3-6-16-17-11-10-14-5-2-4-13-8-9-15(12-18(16)19)21(17)20(13)14/h2-12H,1H3. The monoisotopic (exact) mass is 282 g/mol. The van der Waals surface area contributed by atoms with Crippen molar-refractivity contribution < 1.29 is 4.74 Å². The first-order valence-corrected chi connectivity index (χ1v) is 7.50. The van der Waals surface area contributed by atoms with Crippen molar-refractivity contribution in [3.05, 3.63) is 66.7 Å². The Balaban J connectivity index is 2.15. The van der Waals surface area contributed by atoms with Crippen LogP contribution in [-0.4, -0.2) is 7.11 Å². The van der Waals surface area contributed by atoms with Crippen LogP contribution >= 0.6 is 0 Å². The molecular weight excluding hydrogens is 268 g/mol. The molecule has 0 spiro atoms. The zero-order valence-electron chi connectivity index (χ0n) is 12.3. The molecule has 0 aliphatic carbocycles. The van der Waals surface area contributed by atoms with Gasteiger partial charge in [-0.25, -0.2) is 0 Å². The molecular formula is C21H14O. The quantitative estimate of drug-likeness (QED) is 0.281. The second kappa shape index (κ2) is 4.11. The van der Waals surface area contributed by atoms with Crippen molar-refractivity contribution in [1.82, 2.24) is 0 Å². The van der Waals surface area contributed by atoms with Gasteiger partial charge in [-0.05, 0) is 49.8 Å². The summed E-state index contributed by atoms with van der Waals surface area (Å²) in [5.74, 6) is 0.933. The summed E-state index contributed by atoms with van der Waals surface area (Å²) in [4.78, 5) is 0. The second-order valence-electron chi connectivity index (χ2n) is 5.79. The van der Waals surface area contributed by atoms with Gasteiger partial charge >= 0.3 is 0 Å². The molecule has 0 N–H and O–H groups in total. The summed E-state index contributed by atoms with van der Waals surface area (Å²) >= 11 is 0. The van der Waals surface area contributed by atoms with E-state index in [1.807, 2.05) is 6.07 Å². The number of benzene rings is 5. The van der Waals surface area contributed by atoms with Crippen LogP contribution in [0.1, 0.15) is 0 Å². The van der Waals surface area contributed by atoms with E-state index in [4.69, 9.17) is 4.74 Å². The van der Waals surface area contributed by atoms with Crippen molar-refractivity contribution in [2.24, 2.45) is 0 Å². The fourth-order valence-corrected chi connectivity index (χ4v) is 3.72. The van der Waals surface area contributed by atoms with E-state index in [1.165, 1.54) is 43.1 Å². The van der Waals surface area contributed by atoms with Crippen LogP contribution in [0.3, 0.4) is 0 Å². The summed E-state index contributed by atoms with van der Waals surface area (Å²) < 4.78 is 5.55. The highest BCUT2D eigenvalue weighted by Crippen LogP contribution is 2.40. The summed E-state index contributed by atoms with van der Waals surface area (Å²) in [7, 11) is 1.73. The van der Waals surface area contributed by atoms with Crippen LogP contribution in [0.25, 0.3) is 43.1 Å². The maximum atomic E-state index is 5.55. The predicted molar refractivity (Wildman–Crippen MR) is 94.2 cm³/mol. The molecule has 0 aromatic heterocycles. The van der Waals surface area contributed by atoms with E-state index in [9.17, 15) is 0 Å². The van der Waals surface area contributed by atoms with Gasteiger partial charge in [0.2, 0.25) is 0 Å². The molecule has 22 heavy (non-hydrogen) atoms. The average Bonchev–Trinajstić information content (AvgIpc) is 2.58. The minimum atomic E-state index is 0.933. The molecule has 0 radical (unpaired) electrons. The van der Waals surface area contributed by atoms with E-state index in [0.717, 1.165) is 5.75 Å². The van der Waals surface area contributed by atoms with Crippen LogP contribution in [0.5, 0.6) is 5.75 Å². The Labute approximate surface area is 128 Å². The van der Waals surface area contributed by atoms with Gasteiger partial charge in [-0.3, -0.25) is 0 Å². The third-order valence-electron chi connectivity index (χ3n) is 4.68. The first-order valence-electron chi connectivity index (χ1n) is 7.50. The number of methoxy groups -OCH3 is 1. The summed E-state index contributed by atoms with van der Waals surface area (Å²) in [6, 6.07) is 23.9. The minimum Gasteiger partial charge on any atom is -0.496 e. The topological polar surface area (TPSA) is 9.23 Å². The molecule has 1 nitrogen and oxygen atoms in total. The third kappa shape index (κ3) is 1.38. The highest BCUT2D eigenvalue weighted by molar-refractivity contribution is 6.29. The van der Waals surface area contributed by atoms with Gasteiger partial charge in [0.15, 0.2) is 0 Å². The Bertz CT molecular complexity index is 1140. The largest absolute Gasteiger partial charge is 0.496 e. The van der Waals surface area contributed by atoms with Gasteiger partial charge in [-0.2, -0.15) is 0 Å². The molecule has 0 atom stereocenters. The Kier molecular flexibility index (Phi) is 2.21. The number of hydrogen-bond donors (Lipinski definition) is 0. The zero-order valence-corrected chi connectivity index (χ0v) is 12.3. The average molecular weight is 282 g/mol. The van der Waals surface area contributed by atoms with Gasteiger partial charge in [0.05, 0.1) is 7.11 Å². The Morgan fingerprint density at radius 3 is 2.14 bits per heavy atom. The number of hydrogen-bond acceptors (Lipinski definition) is 1. The van der Waals surface area contributed by atoms with Gasteiger partial charge in [-0.1, -0.05) is 54.6 Å². The highest BCUT2D eigenvalue weighted by atomic mass is 16.5. The first-order chi connectivity index (χ1) is 10.9. The molecule has 0 saturated heterocycles. The highest BCUT2D eigenvalue weighted by Gasteiger charge is 2.12. The first kappa shape index (κ1) is 11.8. The van der Waals surface area contributed by atoms with E-state index in [2.05, 4.69) is 60.7 Å². The van der Waals surface area contributed by atoms with Crippen LogP contribution in [0.4, 0.5) is 0 Å². The van der Waals surface area contributed by atoms with E-state index < -0.39 is 0 Å². The van der Waals surface area contributed by atoms with Gasteiger partial charge in [0.1, 0.15) is 5.75 Å². The van der Waals surface area contributed by atoms with Crippen molar-refractivity contribution in [3.63, 3.8) is 0 Å². The number of ether oxygens (including phenoxy) is 1. The van der Waals surface area contributed by atoms with E-state index in [0.29, 0.717) is 0 Å². The summed E-state index contributed by atoms with van der Waals surface area (Å²) in [5, 5.41) is 10.3. The zero-order chi connectivity index (χ0) is 14.7. The summed E-state index contributed by atoms with van der Waals surface area (Å²) in [5.41, 5.74) is 0. The van der Waals surface area contributed by atoms with Gasteiger partial charge in [-0.15, -0.1) is 0 Å². The molecule has 0 unspecified atom stereocenters. The molecule has 104 valence electrons. The van der Waals surface area contributed by atoms with Gasteiger partial charge in [0, 0.05) is 5.39 Å². The van der Waals surface area contributed by atoms with Gasteiger partial charge < -0.3 is 4.74 Å². The number of rotatable bonds is 1. The summed E-state index contributed by atoms with van der Waals surface area (Å²) in [6.45, 7) is 0. The minimum absolute atomic E-state index is 0.933. The second-order valence-corrected chi connectivity index (χ2v) is 5.79. The van der Waals surface area contributed by atoms with Crippen molar-refractivity contribution in [1.29, 1.82) is 0 Å². The molecule has 0 saturated carbocycles. The van der Waals surface area contributed by atoms with Crippen LogP contribution in [0, 0.1) is 0 Å². The van der Waals surface area contributed by atoms with Crippen molar-refractivity contribution >= 4 is 43.1 Å². The van der Waals surface area contributed by atoms with Crippen LogP contribution in [0.15, 0.2) is 66.7 Å². The molecule has 5 rings (SSSR count). The fourth-order valence-electron chi connectivity index (χ4n) is 3.72. The maximum absolute atomic E-state index is 5.55. The van der Waals surface area contributed by atoms with E-state index in [-0.39, 0.29) is 0 Å². The Morgan fingerprint density at radius 2 is 1.32 bits per heavy atom. The molecule has 5 aromatic carbocycles. The smallest absolute Gasteiger partial charge is 0.126 e. The lowest BCUT2D eigenvalue weighted by Gasteiger charge is -2.14. The van der Waals surface area contributed by atoms with Crippen LogP contribution < -0.4 is 4.74 Å². The predicted octanol–water partition coefficient (Wildman–Crippen LogP) is 5.75. The molecule has 0 fully saturated rings. The molecule has 0 aliphatic heterocycles. The molecule has 1 heteroatoms. The number of fused-ring (bicyclic) bond motifs is 2. The summed E-state index contributed by atoms with van der Waals surface area (Å²) in [6.07, 6.45) is 0. The lowest BCUT2D eigenvalue weighted by molar-refractivity contribution is 0.420. The van der Waals surface area contributed by atoms with Crippen molar-refractivity contribution in [2.75, 3.05) is 7.11 Å². The van der Waals surface area contributed by atoms with Crippen molar-refractivity contribution in [2.45, 2.75) is 0 Å². The lowest BCUT2D eigenvalue weighted by Crippen LogP contribution is -1.88. The Hall–Kier alpha value is -2.80. The fraction of sp³-hybridized carbons (Fsp3) is 0.0476. The third-order valence-corrected chi connectivity index (χ3v) is 4.68. The molecule has 0 amide bonds. The Morgan fingerprint density at radius 1 is 0.591 bits per heavy atom. The maximum Gasteiger partial charge on any atom is 0.126 e. The van der Waals surface area contributed by atoms with E-state index in [1.54, 1.807) is 7.11 Å². The van der Waals surface area contributed by atoms with Crippen LogP contribution in [0.2, 0.25) is 0 Å². The molecule has 0 bridgehead atoms. The normalized spacial score (nSPS) is 11.9. The molecule has 0 heterocycles.